The minimum atomic E-state index is -4.77. The van der Waals surface area contributed by atoms with Gasteiger partial charge in [-0.1, -0.05) is 6.92 Å². The first-order valence-electron chi connectivity index (χ1n) is 6.16. The average molecular weight is 292 g/mol. The fourth-order valence-corrected chi connectivity index (χ4v) is 1.55. The van der Waals surface area contributed by atoms with Gasteiger partial charge in [0.15, 0.2) is 0 Å². The number of amides is 1. The number of carbonyl (C=O) groups is 1. The Morgan fingerprint density at radius 2 is 2.00 bits per heavy atom. The Morgan fingerprint density at radius 3 is 2.55 bits per heavy atom. The molecular formula is C13H16F4N2O. The first-order valence-corrected chi connectivity index (χ1v) is 6.16. The highest BCUT2D eigenvalue weighted by atomic mass is 19.4. The van der Waals surface area contributed by atoms with Crippen molar-refractivity contribution in [3.63, 3.8) is 0 Å². The van der Waals surface area contributed by atoms with E-state index in [1.165, 1.54) is 6.92 Å². The molecule has 1 amide bonds. The van der Waals surface area contributed by atoms with Crippen LogP contribution in [-0.4, -0.2) is 18.5 Å². The van der Waals surface area contributed by atoms with Crippen molar-refractivity contribution in [1.29, 1.82) is 0 Å². The molecule has 0 spiro atoms. The second-order valence-corrected chi connectivity index (χ2v) is 4.35. The maximum atomic E-state index is 13.1. The molecule has 0 saturated carbocycles. The van der Waals surface area contributed by atoms with Gasteiger partial charge in [0.1, 0.15) is 11.9 Å². The third-order valence-electron chi connectivity index (χ3n) is 2.60. The topological polar surface area (TPSA) is 41.1 Å². The Kier molecular flexibility index (Phi) is 5.35. The summed E-state index contributed by atoms with van der Waals surface area (Å²) in [4.78, 5) is 11.6. The zero-order valence-corrected chi connectivity index (χ0v) is 11.1. The summed E-state index contributed by atoms with van der Waals surface area (Å²) in [6, 6.07) is 1.82. The Balaban J connectivity index is 2.81. The van der Waals surface area contributed by atoms with E-state index >= 15 is 0 Å². The van der Waals surface area contributed by atoms with E-state index in [1.54, 1.807) is 0 Å². The predicted molar refractivity (Wildman–Crippen MR) is 67.8 cm³/mol. The average Bonchev–Trinajstić information content (AvgIpc) is 2.36. The molecule has 1 aromatic rings. The van der Waals surface area contributed by atoms with Gasteiger partial charge in [-0.25, -0.2) is 4.39 Å². The van der Waals surface area contributed by atoms with E-state index in [0.29, 0.717) is 12.6 Å². The Labute approximate surface area is 114 Å². The molecule has 0 aliphatic heterocycles. The van der Waals surface area contributed by atoms with Crippen molar-refractivity contribution in [1.82, 2.24) is 5.32 Å². The van der Waals surface area contributed by atoms with E-state index in [9.17, 15) is 22.4 Å². The van der Waals surface area contributed by atoms with Crippen LogP contribution in [-0.2, 0) is 11.0 Å². The SMILES string of the molecule is CCCNC(=O)C(C)Nc1ccc(F)c(C(F)(F)F)c1. The van der Waals surface area contributed by atoms with Crippen molar-refractivity contribution in [2.24, 2.45) is 0 Å². The first kappa shape index (κ1) is 16.3. The van der Waals surface area contributed by atoms with Crippen LogP contribution in [0.4, 0.5) is 23.2 Å². The molecule has 0 saturated heterocycles. The van der Waals surface area contributed by atoms with E-state index in [2.05, 4.69) is 10.6 Å². The second-order valence-electron chi connectivity index (χ2n) is 4.35. The van der Waals surface area contributed by atoms with Gasteiger partial charge in [0.25, 0.3) is 0 Å². The number of alkyl halides is 3. The number of rotatable bonds is 5. The molecule has 3 nitrogen and oxygen atoms in total. The monoisotopic (exact) mass is 292 g/mol. The third-order valence-corrected chi connectivity index (χ3v) is 2.60. The molecule has 0 heterocycles. The molecule has 2 N–H and O–H groups in total. The lowest BCUT2D eigenvalue weighted by atomic mass is 10.1. The highest BCUT2D eigenvalue weighted by Gasteiger charge is 2.34. The second kappa shape index (κ2) is 6.58. The highest BCUT2D eigenvalue weighted by molar-refractivity contribution is 5.84. The Hall–Kier alpha value is -1.79. The largest absolute Gasteiger partial charge is 0.419 e. The van der Waals surface area contributed by atoms with E-state index in [0.717, 1.165) is 18.6 Å². The number of carbonyl (C=O) groups excluding carboxylic acids is 1. The van der Waals surface area contributed by atoms with Crippen LogP contribution in [0.15, 0.2) is 18.2 Å². The molecule has 0 aromatic heterocycles. The molecule has 1 rings (SSSR count). The molecule has 0 aliphatic rings. The molecule has 1 atom stereocenters. The van der Waals surface area contributed by atoms with Crippen LogP contribution in [0.2, 0.25) is 0 Å². The first-order chi connectivity index (χ1) is 9.25. The maximum Gasteiger partial charge on any atom is 0.419 e. The minimum Gasteiger partial charge on any atom is -0.374 e. The van der Waals surface area contributed by atoms with E-state index in [4.69, 9.17) is 0 Å². The molecule has 1 unspecified atom stereocenters. The molecule has 1 aromatic carbocycles. The zero-order chi connectivity index (χ0) is 15.3. The van der Waals surface area contributed by atoms with Crippen LogP contribution in [0.1, 0.15) is 25.8 Å². The fourth-order valence-electron chi connectivity index (χ4n) is 1.55. The molecule has 0 bridgehead atoms. The summed E-state index contributed by atoms with van der Waals surface area (Å²) in [5.74, 6) is -1.67. The maximum absolute atomic E-state index is 13.1. The number of hydrogen-bond donors (Lipinski definition) is 2. The summed E-state index contributed by atoms with van der Waals surface area (Å²) in [6.45, 7) is 3.89. The van der Waals surface area contributed by atoms with E-state index < -0.39 is 23.6 Å². The Morgan fingerprint density at radius 1 is 1.35 bits per heavy atom. The lowest BCUT2D eigenvalue weighted by Gasteiger charge is -2.16. The van der Waals surface area contributed by atoms with Crippen LogP contribution in [0.5, 0.6) is 0 Å². The van der Waals surface area contributed by atoms with Crippen molar-refractivity contribution >= 4 is 11.6 Å². The summed E-state index contributed by atoms with van der Waals surface area (Å²) < 4.78 is 50.7. The third kappa shape index (κ3) is 4.40. The summed E-state index contributed by atoms with van der Waals surface area (Å²) in [5.41, 5.74) is -1.32. The van der Waals surface area contributed by atoms with Gasteiger partial charge >= 0.3 is 6.18 Å². The molecule has 7 heteroatoms. The van der Waals surface area contributed by atoms with Gasteiger partial charge in [-0.05, 0) is 31.5 Å². The number of nitrogens with one attached hydrogen (secondary N) is 2. The summed E-state index contributed by atoms with van der Waals surface area (Å²) in [6.07, 6.45) is -4.01. The van der Waals surface area contributed by atoms with Crippen molar-refractivity contribution in [2.45, 2.75) is 32.5 Å². The molecular weight excluding hydrogens is 276 g/mol. The number of halogens is 4. The van der Waals surface area contributed by atoms with Gasteiger partial charge in [-0.15, -0.1) is 0 Å². The molecule has 112 valence electrons. The van der Waals surface area contributed by atoms with Gasteiger partial charge in [-0.3, -0.25) is 4.79 Å². The molecule has 0 aliphatic carbocycles. The standard InChI is InChI=1S/C13H16F4N2O/c1-3-6-18-12(20)8(2)19-9-4-5-11(14)10(7-9)13(15,16)17/h4-5,7-8,19H,3,6H2,1-2H3,(H,18,20). The zero-order valence-electron chi connectivity index (χ0n) is 11.1. The summed E-state index contributed by atoms with van der Waals surface area (Å²) in [7, 11) is 0. The van der Waals surface area contributed by atoms with E-state index in [-0.39, 0.29) is 11.6 Å². The van der Waals surface area contributed by atoms with Crippen LogP contribution in [0.3, 0.4) is 0 Å². The van der Waals surface area contributed by atoms with Crippen LogP contribution in [0.25, 0.3) is 0 Å². The number of hydrogen-bond acceptors (Lipinski definition) is 2. The lowest BCUT2D eigenvalue weighted by molar-refractivity contribution is -0.139. The number of benzene rings is 1. The smallest absolute Gasteiger partial charge is 0.374 e. The minimum absolute atomic E-state index is 0.0397. The summed E-state index contributed by atoms with van der Waals surface area (Å²) in [5, 5.41) is 5.22. The molecule has 0 radical (unpaired) electrons. The van der Waals surface area contributed by atoms with Crippen LogP contribution < -0.4 is 10.6 Å². The van der Waals surface area contributed by atoms with E-state index in [1.807, 2.05) is 6.92 Å². The normalized spacial score (nSPS) is 12.9. The lowest BCUT2D eigenvalue weighted by Crippen LogP contribution is -2.37. The highest BCUT2D eigenvalue weighted by Crippen LogP contribution is 2.33. The summed E-state index contributed by atoms with van der Waals surface area (Å²) >= 11 is 0. The van der Waals surface area contributed by atoms with Crippen molar-refractivity contribution in [2.75, 3.05) is 11.9 Å². The van der Waals surface area contributed by atoms with Crippen LogP contribution >= 0.6 is 0 Å². The van der Waals surface area contributed by atoms with Gasteiger partial charge in [0, 0.05) is 12.2 Å². The van der Waals surface area contributed by atoms with Gasteiger partial charge in [-0.2, -0.15) is 13.2 Å². The van der Waals surface area contributed by atoms with Crippen molar-refractivity contribution < 1.29 is 22.4 Å². The van der Waals surface area contributed by atoms with Crippen molar-refractivity contribution in [3.05, 3.63) is 29.6 Å². The quantitative estimate of drug-likeness (QED) is 0.818. The predicted octanol–water partition coefficient (Wildman–Crippen LogP) is 3.17. The van der Waals surface area contributed by atoms with Gasteiger partial charge in [0.2, 0.25) is 5.91 Å². The van der Waals surface area contributed by atoms with Crippen LogP contribution in [0, 0.1) is 5.82 Å². The van der Waals surface area contributed by atoms with Crippen molar-refractivity contribution in [3.8, 4) is 0 Å². The molecule has 0 fully saturated rings. The molecule has 20 heavy (non-hydrogen) atoms. The van der Waals surface area contributed by atoms with Gasteiger partial charge < -0.3 is 10.6 Å². The van der Waals surface area contributed by atoms with Gasteiger partial charge in [0.05, 0.1) is 5.56 Å². The fraction of sp³-hybridized carbons (Fsp3) is 0.462. The Bertz CT molecular complexity index is 474. The number of anilines is 1.